The Balaban J connectivity index is 2.63. The molecule has 0 aliphatic heterocycles. The number of hydrogen-bond donors (Lipinski definition) is 0. The van der Waals surface area contributed by atoms with Crippen molar-refractivity contribution in [1.29, 1.82) is 0 Å². The highest BCUT2D eigenvalue weighted by molar-refractivity contribution is 7.69. The summed E-state index contributed by atoms with van der Waals surface area (Å²) in [6.45, 7) is 28.4. The second kappa shape index (κ2) is 9.15. The topological polar surface area (TPSA) is 9.23 Å². The Hall–Kier alpha value is -0.900. The van der Waals surface area contributed by atoms with Crippen LogP contribution in [0, 0.1) is 0 Å². The molecule has 0 aliphatic rings. The lowest BCUT2D eigenvalue weighted by Crippen LogP contribution is -2.32. The summed E-state index contributed by atoms with van der Waals surface area (Å²) in [6.07, 6.45) is 0. The average Bonchev–Trinajstić information content (AvgIpc) is 2.53. The molecule has 0 heterocycles. The van der Waals surface area contributed by atoms with Crippen LogP contribution in [-0.4, -0.2) is 20.6 Å². The van der Waals surface area contributed by atoms with E-state index in [2.05, 4.69) is 132 Å². The van der Waals surface area contributed by atoms with Crippen LogP contribution in [-0.2, 0) is 0 Å². The van der Waals surface area contributed by atoms with Crippen LogP contribution in [0.4, 0.5) is 0 Å². The van der Waals surface area contributed by atoms with Crippen LogP contribution in [0.3, 0.4) is 0 Å². The first-order chi connectivity index (χ1) is 13.9. The first-order valence-electron chi connectivity index (χ1n) is 11.4. The van der Waals surface area contributed by atoms with Gasteiger partial charge in [0.15, 0.2) is 0 Å². The molecule has 2 aromatic carbocycles. The Labute approximate surface area is 194 Å². The SMILES string of the molecule is CC(C)(C)P(c1ccccc1Oc1ccccc1P(C(C)(C)C)C(C)(C)C)C(C)(C)C. The van der Waals surface area contributed by atoms with Crippen LogP contribution < -0.4 is 15.3 Å². The van der Waals surface area contributed by atoms with Crippen molar-refractivity contribution >= 4 is 26.5 Å². The molecule has 172 valence electrons. The minimum absolute atomic E-state index is 0.190. The zero-order valence-electron chi connectivity index (χ0n) is 21.9. The summed E-state index contributed by atoms with van der Waals surface area (Å²) in [6, 6.07) is 17.4. The zero-order valence-corrected chi connectivity index (χ0v) is 23.7. The summed E-state index contributed by atoms with van der Waals surface area (Å²) in [4.78, 5) is 0. The van der Waals surface area contributed by atoms with Gasteiger partial charge in [-0.3, -0.25) is 0 Å². The first-order valence-corrected chi connectivity index (χ1v) is 14.1. The summed E-state index contributed by atoms with van der Waals surface area (Å²) in [5, 5.41) is 3.49. The van der Waals surface area contributed by atoms with Gasteiger partial charge in [-0.2, -0.15) is 0 Å². The summed E-state index contributed by atoms with van der Waals surface area (Å²) in [7, 11) is -0.889. The second-order valence-corrected chi connectivity index (χ2v) is 20.1. The molecule has 0 atom stereocenters. The van der Waals surface area contributed by atoms with Crippen LogP contribution >= 0.6 is 15.8 Å². The average molecular weight is 459 g/mol. The highest BCUT2D eigenvalue weighted by atomic mass is 31.1. The van der Waals surface area contributed by atoms with Gasteiger partial charge in [-0.1, -0.05) is 135 Å². The van der Waals surface area contributed by atoms with Gasteiger partial charge < -0.3 is 4.74 Å². The monoisotopic (exact) mass is 458 g/mol. The van der Waals surface area contributed by atoms with Gasteiger partial charge in [0.25, 0.3) is 0 Å². The van der Waals surface area contributed by atoms with E-state index in [0.717, 1.165) is 11.5 Å². The van der Waals surface area contributed by atoms with Crippen LogP contribution in [0.1, 0.15) is 83.1 Å². The molecule has 0 saturated heterocycles. The Bertz CT molecular complexity index is 772. The quantitative estimate of drug-likeness (QED) is 0.416. The van der Waals surface area contributed by atoms with E-state index in [4.69, 9.17) is 4.74 Å². The van der Waals surface area contributed by atoms with Gasteiger partial charge in [0, 0.05) is 10.6 Å². The number of ether oxygens (including phenoxy) is 1. The molecule has 0 fully saturated rings. The molecule has 1 nitrogen and oxygen atoms in total. The number of para-hydroxylation sites is 2. The minimum atomic E-state index is -0.445. The number of benzene rings is 2. The lowest BCUT2D eigenvalue weighted by atomic mass is 10.2. The number of rotatable bonds is 4. The second-order valence-electron chi connectivity index (χ2n) is 12.4. The van der Waals surface area contributed by atoms with Gasteiger partial charge in [-0.15, -0.1) is 0 Å². The van der Waals surface area contributed by atoms with Crippen molar-refractivity contribution in [2.45, 2.75) is 104 Å². The van der Waals surface area contributed by atoms with Gasteiger partial charge >= 0.3 is 0 Å². The molecule has 3 heteroatoms. The van der Waals surface area contributed by atoms with Gasteiger partial charge in [-0.05, 0) is 32.8 Å². The van der Waals surface area contributed by atoms with E-state index in [1.54, 1.807) is 0 Å². The molecule has 0 aromatic heterocycles. The van der Waals surface area contributed by atoms with Crippen molar-refractivity contribution in [3.05, 3.63) is 48.5 Å². The van der Waals surface area contributed by atoms with Crippen LogP contribution in [0.15, 0.2) is 48.5 Å². The molecular weight excluding hydrogens is 414 g/mol. The third-order valence-corrected chi connectivity index (χ3v) is 12.2. The largest absolute Gasteiger partial charge is 0.456 e. The van der Waals surface area contributed by atoms with Crippen molar-refractivity contribution in [1.82, 2.24) is 0 Å². The molecule has 0 radical (unpaired) electrons. The molecule has 0 bridgehead atoms. The number of hydrogen-bond acceptors (Lipinski definition) is 1. The molecule has 0 aliphatic carbocycles. The van der Waals surface area contributed by atoms with Gasteiger partial charge in [-0.25, -0.2) is 0 Å². The highest BCUT2D eigenvalue weighted by Gasteiger charge is 2.39. The van der Waals surface area contributed by atoms with E-state index < -0.39 is 15.8 Å². The maximum atomic E-state index is 6.82. The standard InChI is InChI=1S/C28H44OP2/c1-25(2,3)30(26(4,5)6)23-19-15-13-17-21(23)29-22-18-14-16-20-24(22)31(27(7,8)9)28(10,11)12/h13-20H,1-12H3. The molecular formula is C28H44OP2. The van der Waals surface area contributed by atoms with E-state index in [1.807, 2.05) is 0 Å². The van der Waals surface area contributed by atoms with Gasteiger partial charge in [0.05, 0.1) is 0 Å². The van der Waals surface area contributed by atoms with Gasteiger partial charge in [0.1, 0.15) is 11.5 Å². The molecule has 2 aromatic rings. The predicted molar refractivity (Wildman–Crippen MR) is 145 cm³/mol. The molecule has 0 saturated carbocycles. The fourth-order valence-electron chi connectivity index (χ4n) is 5.03. The lowest BCUT2D eigenvalue weighted by Gasteiger charge is -2.43. The van der Waals surface area contributed by atoms with Crippen LogP contribution in [0.25, 0.3) is 0 Å². The smallest absolute Gasteiger partial charge is 0.135 e. The van der Waals surface area contributed by atoms with Crippen molar-refractivity contribution in [2.24, 2.45) is 0 Å². The summed E-state index contributed by atoms with van der Waals surface area (Å²) in [5.74, 6) is 2.03. The van der Waals surface area contributed by atoms with Crippen molar-refractivity contribution in [2.75, 3.05) is 0 Å². The maximum absolute atomic E-state index is 6.82. The first kappa shape index (κ1) is 26.4. The lowest BCUT2D eigenvalue weighted by molar-refractivity contribution is 0.489. The molecule has 0 N–H and O–H groups in total. The minimum Gasteiger partial charge on any atom is -0.456 e. The Kier molecular flexibility index (Phi) is 7.78. The summed E-state index contributed by atoms with van der Waals surface area (Å²) < 4.78 is 6.82. The van der Waals surface area contributed by atoms with E-state index in [9.17, 15) is 0 Å². The highest BCUT2D eigenvalue weighted by Crippen LogP contribution is 2.61. The van der Waals surface area contributed by atoms with Crippen LogP contribution in [0.5, 0.6) is 11.5 Å². The van der Waals surface area contributed by atoms with Crippen molar-refractivity contribution in [3.63, 3.8) is 0 Å². The molecule has 0 unspecified atom stereocenters. The fourth-order valence-corrected chi connectivity index (χ4v) is 13.1. The van der Waals surface area contributed by atoms with E-state index in [-0.39, 0.29) is 20.6 Å². The summed E-state index contributed by atoms with van der Waals surface area (Å²) in [5.41, 5.74) is 0. The van der Waals surface area contributed by atoms with Gasteiger partial charge in [0.2, 0.25) is 0 Å². The van der Waals surface area contributed by atoms with E-state index >= 15 is 0 Å². The van der Waals surface area contributed by atoms with E-state index in [1.165, 1.54) is 10.6 Å². The normalized spacial score (nSPS) is 13.7. The fraction of sp³-hybridized carbons (Fsp3) is 0.571. The molecule has 0 spiro atoms. The molecule has 0 amide bonds. The van der Waals surface area contributed by atoms with Crippen LogP contribution in [0.2, 0.25) is 0 Å². The molecule has 31 heavy (non-hydrogen) atoms. The Morgan fingerprint density at radius 2 is 0.710 bits per heavy atom. The predicted octanol–water partition coefficient (Wildman–Crippen LogP) is 8.89. The zero-order chi connectivity index (χ0) is 23.8. The third kappa shape index (κ3) is 6.55. The van der Waals surface area contributed by atoms with Crippen molar-refractivity contribution < 1.29 is 4.74 Å². The Morgan fingerprint density at radius 1 is 0.452 bits per heavy atom. The molecule has 2 rings (SSSR count). The Morgan fingerprint density at radius 3 is 0.968 bits per heavy atom. The van der Waals surface area contributed by atoms with Crippen molar-refractivity contribution in [3.8, 4) is 11.5 Å². The van der Waals surface area contributed by atoms with E-state index in [0.29, 0.717) is 0 Å². The third-order valence-electron chi connectivity index (χ3n) is 5.12. The summed E-state index contributed by atoms with van der Waals surface area (Å²) >= 11 is 0. The maximum Gasteiger partial charge on any atom is 0.135 e.